The molecule has 0 saturated heterocycles. The van der Waals surface area contributed by atoms with E-state index >= 15 is 0 Å². The maximum atomic E-state index is 4.83. The number of fused-ring (bicyclic) bond motifs is 3. The second kappa shape index (κ2) is 4.69. The summed E-state index contributed by atoms with van der Waals surface area (Å²) in [6.07, 6.45) is 12.5. The van der Waals surface area contributed by atoms with E-state index in [1.165, 1.54) is 37.1 Å². The van der Waals surface area contributed by atoms with E-state index in [2.05, 4.69) is 44.5 Å². The lowest BCUT2D eigenvalue weighted by Gasteiger charge is -2.24. The van der Waals surface area contributed by atoms with Crippen molar-refractivity contribution in [3.05, 3.63) is 35.6 Å². The molecule has 0 amide bonds. The number of halogens is 1. The zero-order chi connectivity index (χ0) is 13.7. The lowest BCUT2D eigenvalue weighted by molar-refractivity contribution is 0.344. The van der Waals surface area contributed by atoms with Gasteiger partial charge in [-0.05, 0) is 34.7 Å². The van der Waals surface area contributed by atoms with Crippen molar-refractivity contribution in [2.75, 3.05) is 0 Å². The zero-order valence-corrected chi connectivity index (χ0v) is 13.2. The van der Waals surface area contributed by atoms with Crippen LogP contribution in [0.25, 0.3) is 10.1 Å². The molecule has 4 rings (SSSR count). The summed E-state index contributed by atoms with van der Waals surface area (Å²) in [7, 11) is 0. The zero-order valence-electron chi connectivity index (χ0n) is 11.6. The van der Waals surface area contributed by atoms with Crippen LogP contribution in [-0.4, -0.2) is 14.4 Å². The fourth-order valence-corrected chi connectivity index (χ4v) is 4.04. The molecule has 0 radical (unpaired) electrons. The lowest BCUT2D eigenvalue weighted by Crippen LogP contribution is -2.10. The van der Waals surface area contributed by atoms with Crippen LogP contribution in [0.5, 0.6) is 0 Å². The summed E-state index contributed by atoms with van der Waals surface area (Å²) >= 11 is 3.64. The van der Waals surface area contributed by atoms with Gasteiger partial charge in [-0.15, -0.1) is 0 Å². The van der Waals surface area contributed by atoms with E-state index in [9.17, 15) is 0 Å². The van der Waals surface area contributed by atoms with E-state index in [0.29, 0.717) is 5.92 Å². The molecular formula is C16H18BrN3. The van der Waals surface area contributed by atoms with Crippen LogP contribution in [0.4, 0.5) is 0 Å². The Morgan fingerprint density at radius 1 is 1.25 bits per heavy atom. The fraction of sp³-hybridized carbons (Fsp3) is 0.500. The first-order chi connectivity index (χ1) is 9.72. The Labute approximate surface area is 127 Å². The summed E-state index contributed by atoms with van der Waals surface area (Å²) < 4.78 is 3.36. The van der Waals surface area contributed by atoms with Gasteiger partial charge >= 0.3 is 0 Å². The maximum Gasteiger partial charge on any atom is 0.156 e. The van der Waals surface area contributed by atoms with Crippen LogP contribution >= 0.6 is 15.9 Å². The van der Waals surface area contributed by atoms with Crippen LogP contribution in [0.15, 0.2) is 18.5 Å². The van der Waals surface area contributed by atoms with E-state index in [-0.39, 0.29) is 0 Å². The number of hydrogen-bond donors (Lipinski definition) is 0. The maximum absolute atomic E-state index is 4.83. The van der Waals surface area contributed by atoms with E-state index in [1.54, 1.807) is 0 Å². The van der Waals surface area contributed by atoms with Crippen molar-refractivity contribution in [1.82, 2.24) is 14.4 Å². The monoisotopic (exact) mass is 331 g/mol. The number of allylic oxidation sites excluding steroid dienone is 1. The lowest BCUT2D eigenvalue weighted by atomic mass is 9.82. The molecule has 0 aliphatic heterocycles. The summed E-state index contributed by atoms with van der Waals surface area (Å²) in [4.78, 5) is 9.37. The average Bonchev–Trinajstić information content (AvgIpc) is 3.03. The smallest absolute Gasteiger partial charge is 0.156 e. The molecule has 104 valence electrons. The van der Waals surface area contributed by atoms with Crippen molar-refractivity contribution in [3.63, 3.8) is 0 Å². The number of hydrogen-bond acceptors (Lipinski definition) is 2. The fourth-order valence-electron chi connectivity index (χ4n) is 3.46. The van der Waals surface area contributed by atoms with Crippen molar-refractivity contribution < 1.29 is 0 Å². The molecule has 2 aliphatic rings. The molecule has 1 saturated carbocycles. The molecular weight excluding hydrogens is 314 g/mol. The number of aromatic nitrogens is 3. The molecule has 20 heavy (non-hydrogen) atoms. The van der Waals surface area contributed by atoms with E-state index < -0.39 is 0 Å². The van der Waals surface area contributed by atoms with Crippen LogP contribution in [0, 0.1) is 5.92 Å². The van der Waals surface area contributed by atoms with Gasteiger partial charge in [-0.3, -0.25) is 9.38 Å². The Kier molecular flexibility index (Phi) is 2.95. The standard InChI is InChI=1S/C16H18BrN3/c1-10-2-4-11(5-3-10)14-9-20-15(19-14)8-18-13-7-6-12(17)16(13)20/h6,8-11H,2-5,7H2,1H3. The predicted octanol–water partition coefficient (Wildman–Crippen LogP) is 4.31. The third kappa shape index (κ3) is 1.93. The molecule has 2 heterocycles. The van der Waals surface area contributed by atoms with Crippen molar-refractivity contribution in [3.8, 4) is 0 Å². The highest BCUT2D eigenvalue weighted by Crippen LogP contribution is 2.36. The minimum absolute atomic E-state index is 0.630. The van der Waals surface area contributed by atoms with E-state index in [4.69, 9.17) is 4.98 Å². The Balaban J connectivity index is 1.76. The average molecular weight is 332 g/mol. The van der Waals surface area contributed by atoms with Gasteiger partial charge in [0, 0.05) is 23.0 Å². The molecule has 0 atom stereocenters. The van der Waals surface area contributed by atoms with Gasteiger partial charge in [0.2, 0.25) is 0 Å². The van der Waals surface area contributed by atoms with Gasteiger partial charge < -0.3 is 0 Å². The Morgan fingerprint density at radius 3 is 2.85 bits per heavy atom. The van der Waals surface area contributed by atoms with Gasteiger partial charge in [-0.1, -0.05) is 25.8 Å². The van der Waals surface area contributed by atoms with Crippen LogP contribution < -0.4 is 0 Å². The van der Waals surface area contributed by atoms with E-state index in [1.807, 2.05) is 6.20 Å². The minimum atomic E-state index is 0.630. The van der Waals surface area contributed by atoms with Gasteiger partial charge in [0.25, 0.3) is 0 Å². The van der Waals surface area contributed by atoms with Crippen molar-refractivity contribution >= 4 is 26.1 Å². The van der Waals surface area contributed by atoms with Crippen molar-refractivity contribution in [2.24, 2.45) is 5.92 Å². The quantitative estimate of drug-likeness (QED) is 0.779. The largest absolute Gasteiger partial charge is 0.296 e. The first-order valence-electron chi connectivity index (χ1n) is 7.45. The topological polar surface area (TPSA) is 30.2 Å². The normalized spacial score (nSPS) is 25.8. The SMILES string of the molecule is CC1CCC(c2cn3c4c(ncc3n2)CC=C4Br)CC1. The molecule has 3 nitrogen and oxygen atoms in total. The molecule has 0 N–H and O–H groups in total. The molecule has 0 aromatic carbocycles. The second-order valence-electron chi connectivity index (χ2n) is 6.16. The van der Waals surface area contributed by atoms with Crippen molar-refractivity contribution in [1.29, 1.82) is 0 Å². The molecule has 1 fully saturated rings. The third-order valence-corrected chi connectivity index (χ3v) is 5.44. The number of rotatable bonds is 1. The van der Waals surface area contributed by atoms with E-state index in [0.717, 1.165) is 28.2 Å². The van der Waals surface area contributed by atoms with Gasteiger partial charge in [-0.2, -0.15) is 0 Å². The number of nitrogens with zero attached hydrogens (tertiary/aromatic N) is 3. The van der Waals surface area contributed by atoms with Crippen LogP contribution in [-0.2, 0) is 6.42 Å². The first kappa shape index (κ1) is 12.6. The molecule has 0 spiro atoms. The second-order valence-corrected chi connectivity index (χ2v) is 7.01. The summed E-state index contributed by atoms with van der Waals surface area (Å²) in [5.41, 5.74) is 4.56. The van der Waals surface area contributed by atoms with Gasteiger partial charge in [-0.25, -0.2) is 4.98 Å². The Hall–Kier alpha value is -1.16. The molecule has 2 aliphatic carbocycles. The summed E-state index contributed by atoms with van der Waals surface area (Å²) in [6.45, 7) is 2.36. The van der Waals surface area contributed by atoms with Crippen molar-refractivity contribution in [2.45, 2.75) is 44.9 Å². The highest BCUT2D eigenvalue weighted by molar-refractivity contribution is 9.15. The molecule has 2 aromatic heterocycles. The molecule has 2 aromatic rings. The molecule has 4 heteroatoms. The van der Waals surface area contributed by atoms with Gasteiger partial charge in [0.1, 0.15) is 0 Å². The number of imidazole rings is 1. The molecule has 0 unspecified atom stereocenters. The summed E-state index contributed by atoms with van der Waals surface area (Å²) in [5.74, 6) is 1.51. The summed E-state index contributed by atoms with van der Waals surface area (Å²) in [5, 5.41) is 0. The Bertz CT molecular complexity index is 693. The third-order valence-electron chi connectivity index (χ3n) is 4.74. The molecule has 0 bridgehead atoms. The van der Waals surface area contributed by atoms with Crippen LogP contribution in [0.1, 0.15) is 55.6 Å². The summed E-state index contributed by atoms with van der Waals surface area (Å²) in [6, 6.07) is 0. The predicted molar refractivity (Wildman–Crippen MR) is 84.0 cm³/mol. The van der Waals surface area contributed by atoms with Crippen LogP contribution in [0.2, 0.25) is 0 Å². The van der Waals surface area contributed by atoms with Crippen LogP contribution in [0.3, 0.4) is 0 Å². The highest BCUT2D eigenvalue weighted by Gasteiger charge is 2.24. The first-order valence-corrected chi connectivity index (χ1v) is 8.24. The highest BCUT2D eigenvalue weighted by atomic mass is 79.9. The Morgan fingerprint density at radius 2 is 2.05 bits per heavy atom. The van der Waals surface area contributed by atoms with Gasteiger partial charge in [0.15, 0.2) is 5.65 Å². The van der Waals surface area contributed by atoms with Gasteiger partial charge in [0.05, 0.1) is 23.3 Å². The minimum Gasteiger partial charge on any atom is -0.296 e.